The van der Waals surface area contributed by atoms with E-state index in [0.717, 1.165) is 0 Å². The van der Waals surface area contributed by atoms with Gasteiger partial charge in [0.1, 0.15) is 13.2 Å². The van der Waals surface area contributed by atoms with Crippen LogP contribution in [0.3, 0.4) is 0 Å². The second-order valence-corrected chi connectivity index (χ2v) is 2.10. The Morgan fingerprint density at radius 2 is 1.30 bits per heavy atom. The molecule has 0 saturated carbocycles. The number of ether oxygens (including phenoxy) is 2. The highest BCUT2D eigenvalue weighted by molar-refractivity contribution is 4.75. The summed E-state index contributed by atoms with van der Waals surface area (Å²) in [6.45, 7) is 11.8. The molecule has 0 aliphatic heterocycles. The zero-order valence-electron chi connectivity index (χ0n) is 6.64. The Morgan fingerprint density at radius 3 is 1.50 bits per heavy atom. The summed E-state index contributed by atoms with van der Waals surface area (Å²) in [7, 11) is 0. The molecule has 0 aliphatic rings. The van der Waals surface area contributed by atoms with E-state index in [4.69, 9.17) is 9.47 Å². The van der Waals surface area contributed by atoms with Crippen LogP contribution < -0.4 is 0 Å². The van der Waals surface area contributed by atoms with Crippen molar-refractivity contribution in [3.05, 3.63) is 24.7 Å². The molecule has 0 aromatic carbocycles. The zero-order valence-corrected chi connectivity index (χ0v) is 6.64. The van der Waals surface area contributed by atoms with Gasteiger partial charge in [0.15, 0.2) is 0 Å². The molecule has 0 aromatic heterocycles. The lowest BCUT2D eigenvalue weighted by molar-refractivity contribution is 0.120. The van der Waals surface area contributed by atoms with E-state index in [2.05, 4.69) is 13.2 Å². The molecule has 0 spiro atoms. The summed E-state index contributed by atoms with van der Waals surface area (Å²) in [4.78, 5) is 0. The lowest BCUT2D eigenvalue weighted by Gasteiger charge is -2.06. The fourth-order valence-corrected chi connectivity index (χ4v) is 0.432. The van der Waals surface area contributed by atoms with Gasteiger partial charge in [-0.1, -0.05) is 13.2 Å². The minimum Gasteiger partial charge on any atom is -0.495 e. The third kappa shape index (κ3) is 7.08. The standard InChI is InChI=1S/C8H14O2/c1-7(2)9-5-6-10-8(3)4/h1,3,5-6H2,2,4H3. The van der Waals surface area contributed by atoms with Crippen LogP contribution in [0.15, 0.2) is 24.7 Å². The van der Waals surface area contributed by atoms with Crippen molar-refractivity contribution in [3.8, 4) is 0 Å². The van der Waals surface area contributed by atoms with E-state index >= 15 is 0 Å². The average molecular weight is 142 g/mol. The lowest BCUT2D eigenvalue weighted by Crippen LogP contribution is -2.00. The predicted octanol–water partition coefficient (Wildman–Crippen LogP) is 2.09. The smallest absolute Gasteiger partial charge is 0.122 e. The normalized spacial score (nSPS) is 8.60. The molecule has 0 heterocycles. The number of rotatable bonds is 5. The van der Waals surface area contributed by atoms with E-state index in [1.54, 1.807) is 13.8 Å². The van der Waals surface area contributed by atoms with Crippen molar-refractivity contribution in [3.63, 3.8) is 0 Å². The SMILES string of the molecule is C=C(C)OCCOC(=C)C. The highest BCUT2D eigenvalue weighted by Gasteiger charge is 1.87. The molecular weight excluding hydrogens is 128 g/mol. The van der Waals surface area contributed by atoms with E-state index in [1.165, 1.54) is 0 Å². The molecular formula is C8H14O2. The summed E-state index contributed by atoms with van der Waals surface area (Å²) in [5.41, 5.74) is 0. The fourth-order valence-electron chi connectivity index (χ4n) is 0.432. The molecule has 0 aliphatic carbocycles. The van der Waals surface area contributed by atoms with E-state index in [-0.39, 0.29) is 0 Å². The summed E-state index contributed by atoms with van der Waals surface area (Å²) in [5, 5.41) is 0. The van der Waals surface area contributed by atoms with Gasteiger partial charge in [0.25, 0.3) is 0 Å². The Kier molecular flexibility index (Phi) is 4.46. The first-order valence-electron chi connectivity index (χ1n) is 3.19. The first-order chi connectivity index (χ1) is 4.63. The van der Waals surface area contributed by atoms with Crippen LogP contribution in [-0.4, -0.2) is 13.2 Å². The quantitative estimate of drug-likeness (QED) is 0.432. The Labute approximate surface area is 62.1 Å². The first-order valence-corrected chi connectivity index (χ1v) is 3.19. The van der Waals surface area contributed by atoms with Gasteiger partial charge in [-0.3, -0.25) is 0 Å². The van der Waals surface area contributed by atoms with Crippen molar-refractivity contribution in [1.82, 2.24) is 0 Å². The highest BCUT2D eigenvalue weighted by Crippen LogP contribution is 1.92. The van der Waals surface area contributed by atoms with E-state index in [1.807, 2.05) is 0 Å². The fraction of sp³-hybridized carbons (Fsp3) is 0.500. The minimum absolute atomic E-state index is 0.544. The molecule has 0 aromatic rings. The zero-order chi connectivity index (χ0) is 7.98. The summed E-state index contributed by atoms with van der Waals surface area (Å²) in [6.07, 6.45) is 0. The Hall–Kier alpha value is -0.920. The van der Waals surface area contributed by atoms with E-state index in [0.29, 0.717) is 24.7 Å². The molecule has 0 radical (unpaired) electrons. The molecule has 0 saturated heterocycles. The third-order valence-electron chi connectivity index (χ3n) is 0.780. The predicted molar refractivity (Wildman–Crippen MR) is 41.5 cm³/mol. The molecule has 0 unspecified atom stereocenters. The molecule has 2 nitrogen and oxygen atoms in total. The molecule has 0 amide bonds. The second kappa shape index (κ2) is 4.91. The Balaban J connectivity index is 3.06. The van der Waals surface area contributed by atoms with Crippen LogP contribution in [0, 0.1) is 0 Å². The molecule has 10 heavy (non-hydrogen) atoms. The van der Waals surface area contributed by atoms with Crippen LogP contribution in [0.4, 0.5) is 0 Å². The van der Waals surface area contributed by atoms with E-state index < -0.39 is 0 Å². The molecule has 58 valence electrons. The van der Waals surface area contributed by atoms with Gasteiger partial charge in [-0.25, -0.2) is 0 Å². The highest BCUT2D eigenvalue weighted by atomic mass is 16.5. The molecule has 0 N–H and O–H groups in total. The van der Waals surface area contributed by atoms with Gasteiger partial charge >= 0.3 is 0 Å². The van der Waals surface area contributed by atoms with Gasteiger partial charge in [0.2, 0.25) is 0 Å². The minimum atomic E-state index is 0.544. The van der Waals surface area contributed by atoms with Crippen molar-refractivity contribution in [2.75, 3.05) is 13.2 Å². The van der Waals surface area contributed by atoms with Gasteiger partial charge in [0, 0.05) is 0 Å². The maximum absolute atomic E-state index is 5.03. The maximum Gasteiger partial charge on any atom is 0.122 e. The van der Waals surface area contributed by atoms with Crippen LogP contribution >= 0.6 is 0 Å². The lowest BCUT2D eigenvalue weighted by atomic mass is 10.6. The Bertz CT molecular complexity index is 111. The van der Waals surface area contributed by atoms with Gasteiger partial charge in [0.05, 0.1) is 11.5 Å². The summed E-state index contributed by atoms with van der Waals surface area (Å²) in [6, 6.07) is 0. The number of allylic oxidation sites excluding steroid dienone is 2. The van der Waals surface area contributed by atoms with Crippen molar-refractivity contribution < 1.29 is 9.47 Å². The first kappa shape index (κ1) is 9.08. The van der Waals surface area contributed by atoms with Crippen LogP contribution in [0.1, 0.15) is 13.8 Å². The van der Waals surface area contributed by atoms with Gasteiger partial charge < -0.3 is 9.47 Å². The van der Waals surface area contributed by atoms with Crippen LogP contribution in [0.25, 0.3) is 0 Å². The van der Waals surface area contributed by atoms with Crippen molar-refractivity contribution in [1.29, 1.82) is 0 Å². The molecule has 0 bridgehead atoms. The second-order valence-electron chi connectivity index (χ2n) is 2.10. The third-order valence-corrected chi connectivity index (χ3v) is 0.780. The molecule has 0 fully saturated rings. The van der Waals surface area contributed by atoms with Gasteiger partial charge in [-0.15, -0.1) is 0 Å². The van der Waals surface area contributed by atoms with Crippen molar-refractivity contribution >= 4 is 0 Å². The van der Waals surface area contributed by atoms with E-state index in [9.17, 15) is 0 Å². The summed E-state index contributed by atoms with van der Waals surface area (Å²) >= 11 is 0. The molecule has 0 atom stereocenters. The largest absolute Gasteiger partial charge is 0.495 e. The summed E-state index contributed by atoms with van der Waals surface area (Å²) in [5.74, 6) is 1.43. The average Bonchev–Trinajstić information content (AvgIpc) is 1.79. The maximum atomic E-state index is 5.03. The van der Waals surface area contributed by atoms with Crippen molar-refractivity contribution in [2.45, 2.75) is 13.8 Å². The van der Waals surface area contributed by atoms with Crippen LogP contribution in [0.5, 0.6) is 0 Å². The van der Waals surface area contributed by atoms with Crippen molar-refractivity contribution in [2.24, 2.45) is 0 Å². The number of hydrogen-bond acceptors (Lipinski definition) is 2. The molecule has 2 heteroatoms. The molecule has 0 rings (SSSR count). The number of hydrogen-bond donors (Lipinski definition) is 0. The van der Waals surface area contributed by atoms with Crippen LogP contribution in [0.2, 0.25) is 0 Å². The van der Waals surface area contributed by atoms with Gasteiger partial charge in [-0.05, 0) is 13.8 Å². The Morgan fingerprint density at radius 1 is 1.00 bits per heavy atom. The van der Waals surface area contributed by atoms with Crippen LogP contribution in [-0.2, 0) is 9.47 Å². The van der Waals surface area contributed by atoms with Gasteiger partial charge in [-0.2, -0.15) is 0 Å². The topological polar surface area (TPSA) is 18.5 Å². The monoisotopic (exact) mass is 142 g/mol. The summed E-state index contributed by atoms with van der Waals surface area (Å²) < 4.78 is 10.1.